The number of rotatable bonds is 6. The smallest absolute Gasteiger partial charge is 0.191 e. The molecule has 0 spiro atoms. The fraction of sp³-hybridized carbons (Fsp3) is 0.667. The molecule has 1 fully saturated rings. The van der Waals surface area contributed by atoms with Gasteiger partial charge >= 0.3 is 0 Å². The lowest BCUT2D eigenvalue weighted by molar-refractivity contribution is 0.602. The van der Waals surface area contributed by atoms with Crippen molar-refractivity contribution in [2.24, 2.45) is 0 Å². The molecule has 1 atom stereocenters. The van der Waals surface area contributed by atoms with Gasteiger partial charge in [-0.15, -0.1) is 0 Å². The zero-order chi connectivity index (χ0) is 14.6. The number of anilines is 2. The average Bonchev–Trinajstić information content (AvgIpc) is 2.75. The maximum atomic E-state index is 11.5. The van der Waals surface area contributed by atoms with Crippen LogP contribution in [0, 0.1) is 0 Å². The topological polar surface area (TPSA) is 84.0 Å². The SMILES string of the molecule is CCCNc1cc(NC2CCS(=O)(=O)C2)nc(SC)n1. The predicted molar refractivity (Wildman–Crippen MR) is 83.3 cm³/mol. The molecule has 1 saturated heterocycles. The Morgan fingerprint density at radius 3 is 2.75 bits per heavy atom. The molecule has 2 N–H and O–H groups in total. The predicted octanol–water partition coefficient (Wildman–Crippen LogP) is 1.62. The Balaban J connectivity index is 2.10. The maximum Gasteiger partial charge on any atom is 0.191 e. The summed E-state index contributed by atoms with van der Waals surface area (Å²) in [6.07, 6.45) is 3.57. The summed E-state index contributed by atoms with van der Waals surface area (Å²) in [6, 6.07) is 1.78. The third-order valence-electron chi connectivity index (χ3n) is 3.03. The van der Waals surface area contributed by atoms with Gasteiger partial charge in [-0.2, -0.15) is 0 Å². The van der Waals surface area contributed by atoms with Crippen LogP contribution in [0.3, 0.4) is 0 Å². The van der Waals surface area contributed by atoms with Gasteiger partial charge in [0.25, 0.3) is 0 Å². The van der Waals surface area contributed by atoms with Crippen LogP contribution in [0.5, 0.6) is 0 Å². The van der Waals surface area contributed by atoms with Crippen LogP contribution in [0.2, 0.25) is 0 Å². The molecule has 2 rings (SSSR count). The fourth-order valence-electron chi connectivity index (χ4n) is 2.05. The molecule has 1 aromatic rings. The first-order valence-corrected chi connectivity index (χ1v) is 9.71. The minimum atomic E-state index is -2.88. The van der Waals surface area contributed by atoms with Crippen LogP contribution >= 0.6 is 11.8 Å². The van der Waals surface area contributed by atoms with Gasteiger partial charge in [-0.05, 0) is 19.1 Å². The van der Waals surface area contributed by atoms with Crippen LogP contribution in [-0.2, 0) is 9.84 Å². The van der Waals surface area contributed by atoms with Crippen molar-refractivity contribution in [3.05, 3.63) is 6.07 Å². The van der Waals surface area contributed by atoms with Crippen LogP contribution in [0.1, 0.15) is 19.8 Å². The largest absolute Gasteiger partial charge is 0.370 e. The van der Waals surface area contributed by atoms with Gasteiger partial charge in [0.15, 0.2) is 15.0 Å². The molecule has 0 saturated carbocycles. The first-order valence-electron chi connectivity index (χ1n) is 6.66. The average molecular weight is 316 g/mol. The Hall–Kier alpha value is -1.02. The highest BCUT2D eigenvalue weighted by Crippen LogP contribution is 2.21. The van der Waals surface area contributed by atoms with Gasteiger partial charge in [0.1, 0.15) is 11.6 Å². The number of sulfone groups is 1. The van der Waals surface area contributed by atoms with Crippen molar-refractivity contribution in [1.82, 2.24) is 9.97 Å². The Morgan fingerprint density at radius 2 is 2.15 bits per heavy atom. The summed E-state index contributed by atoms with van der Waals surface area (Å²) < 4.78 is 22.9. The van der Waals surface area contributed by atoms with Gasteiger partial charge in [0, 0.05) is 18.7 Å². The molecule has 6 nitrogen and oxygen atoms in total. The normalized spacial score (nSPS) is 20.8. The van der Waals surface area contributed by atoms with E-state index < -0.39 is 9.84 Å². The molecule has 1 aromatic heterocycles. The third kappa shape index (κ3) is 4.24. The van der Waals surface area contributed by atoms with E-state index in [2.05, 4.69) is 27.5 Å². The summed E-state index contributed by atoms with van der Waals surface area (Å²) in [4.78, 5) is 8.75. The number of hydrogen-bond acceptors (Lipinski definition) is 7. The lowest BCUT2D eigenvalue weighted by Gasteiger charge is -2.13. The van der Waals surface area contributed by atoms with Crippen molar-refractivity contribution in [1.29, 1.82) is 0 Å². The Morgan fingerprint density at radius 1 is 1.40 bits per heavy atom. The van der Waals surface area contributed by atoms with E-state index in [1.165, 1.54) is 11.8 Å². The van der Waals surface area contributed by atoms with Gasteiger partial charge in [0.05, 0.1) is 11.5 Å². The van der Waals surface area contributed by atoms with E-state index in [0.29, 0.717) is 17.4 Å². The number of aromatic nitrogens is 2. The van der Waals surface area contributed by atoms with Crippen molar-refractivity contribution in [3.63, 3.8) is 0 Å². The fourth-order valence-corrected chi connectivity index (χ4v) is 4.10. The van der Waals surface area contributed by atoms with Crippen LogP contribution in [0.4, 0.5) is 11.6 Å². The number of thioether (sulfide) groups is 1. The molecule has 0 aliphatic carbocycles. The summed E-state index contributed by atoms with van der Waals surface area (Å²) in [6.45, 7) is 2.94. The van der Waals surface area contributed by atoms with E-state index in [0.717, 1.165) is 18.8 Å². The van der Waals surface area contributed by atoms with Crippen LogP contribution in [-0.4, -0.2) is 48.7 Å². The number of nitrogens with one attached hydrogen (secondary N) is 2. The molecule has 8 heteroatoms. The van der Waals surface area contributed by atoms with E-state index in [1.807, 2.05) is 12.3 Å². The minimum absolute atomic E-state index is 0.0522. The molecule has 112 valence electrons. The highest BCUT2D eigenvalue weighted by molar-refractivity contribution is 7.98. The van der Waals surface area contributed by atoms with E-state index in [-0.39, 0.29) is 17.5 Å². The number of nitrogens with zero attached hydrogens (tertiary/aromatic N) is 2. The lowest BCUT2D eigenvalue weighted by atomic mass is 10.2. The van der Waals surface area contributed by atoms with Crippen LogP contribution in [0.15, 0.2) is 11.2 Å². The van der Waals surface area contributed by atoms with Crippen LogP contribution in [0.25, 0.3) is 0 Å². The molecular formula is C12H20N4O2S2. The standard InChI is InChI=1S/C12H20N4O2S2/c1-3-5-13-10-7-11(16-12(15-10)19-2)14-9-4-6-20(17,18)8-9/h7,9H,3-6,8H2,1-2H3,(H2,13,14,15,16). The van der Waals surface area contributed by atoms with Crippen molar-refractivity contribution >= 4 is 33.2 Å². The molecule has 0 aromatic carbocycles. The molecular weight excluding hydrogens is 296 g/mol. The summed E-state index contributed by atoms with van der Waals surface area (Å²) in [5.41, 5.74) is 0. The second-order valence-electron chi connectivity index (χ2n) is 4.80. The van der Waals surface area contributed by atoms with Gasteiger partial charge in [-0.25, -0.2) is 18.4 Å². The molecule has 0 radical (unpaired) electrons. The van der Waals surface area contributed by atoms with Crippen molar-refractivity contribution in [3.8, 4) is 0 Å². The van der Waals surface area contributed by atoms with Gasteiger partial charge in [0.2, 0.25) is 0 Å². The molecule has 2 heterocycles. The minimum Gasteiger partial charge on any atom is -0.370 e. The Kier molecular flexibility index (Phi) is 5.09. The van der Waals surface area contributed by atoms with Gasteiger partial charge < -0.3 is 10.6 Å². The van der Waals surface area contributed by atoms with E-state index in [9.17, 15) is 8.42 Å². The van der Waals surface area contributed by atoms with Gasteiger partial charge in [-0.1, -0.05) is 18.7 Å². The summed E-state index contributed by atoms with van der Waals surface area (Å²) in [5.74, 6) is 1.90. The zero-order valence-electron chi connectivity index (χ0n) is 11.7. The highest BCUT2D eigenvalue weighted by Gasteiger charge is 2.28. The van der Waals surface area contributed by atoms with Crippen LogP contribution < -0.4 is 10.6 Å². The molecule has 1 aliphatic heterocycles. The summed E-state index contributed by atoms with van der Waals surface area (Å²) in [7, 11) is -2.88. The quantitative estimate of drug-likeness (QED) is 0.609. The third-order valence-corrected chi connectivity index (χ3v) is 5.34. The second-order valence-corrected chi connectivity index (χ2v) is 7.80. The molecule has 0 amide bonds. The van der Waals surface area contributed by atoms with Crippen molar-refractivity contribution in [2.75, 3.05) is 34.9 Å². The van der Waals surface area contributed by atoms with Crippen molar-refractivity contribution < 1.29 is 8.42 Å². The Labute approximate surface area is 124 Å². The second kappa shape index (κ2) is 6.62. The molecule has 20 heavy (non-hydrogen) atoms. The molecule has 1 unspecified atom stereocenters. The monoisotopic (exact) mass is 316 g/mol. The van der Waals surface area contributed by atoms with Crippen molar-refractivity contribution in [2.45, 2.75) is 31.0 Å². The maximum absolute atomic E-state index is 11.5. The number of hydrogen-bond donors (Lipinski definition) is 2. The summed E-state index contributed by atoms with van der Waals surface area (Å²) >= 11 is 1.47. The van der Waals surface area contributed by atoms with E-state index in [4.69, 9.17) is 0 Å². The first-order chi connectivity index (χ1) is 9.52. The van der Waals surface area contributed by atoms with E-state index >= 15 is 0 Å². The van der Waals surface area contributed by atoms with Gasteiger partial charge in [-0.3, -0.25) is 0 Å². The molecule has 1 aliphatic rings. The highest BCUT2D eigenvalue weighted by atomic mass is 32.2. The lowest BCUT2D eigenvalue weighted by Crippen LogP contribution is -2.21. The van der Waals surface area contributed by atoms with E-state index in [1.54, 1.807) is 0 Å². The first kappa shape index (κ1) is 15.4. The molecule has 0 bridgehead atoms. The Bertz CT molecular complexity index is 563. The summed E-state index contributed by atoms with van der Waals surface area (Å²) in [5, 5.41) is 7.11. The zero-order valence-corrected chi connectivity index (χ0v) is 13.4.